The van der Waals surface area contributed by atoms with E-state index in [-0.39, 0.29) is 31.1 Å². The van der Waals surface area contributed by atoms with Crippen molar-refractivity contribution in [1.82, 2.24) is 10.2 Å². The SMILES string of the molecule is CCOC(=O)[C@@H]1[C@H]2C(=O)N([C@H](C)CO)C(C(=O)NC(C)C)C23CC[C@@]1(CC)O3. The lowest BCUT2D eigenvalue weighted by atomic mass is 9.65. The number of carbonyl (C=O) groups is 3. The summed E-state index contributed by atoms with van der Waals surface area (Å²) in [5.41, 5.74) is -1.84. The summed E-state index contributed by atoms with van der Waals surface area (Å²) < 4.78 is 11.8. The van der Waals surface area contributed by atoms with Gasteiger partial charge in [-0.2, -0.15) is 0 Å². The summed E-state index contributed by atoms with van der Waals surface area (Å²) in [5.74, 6) is -2.55. The molecule has 3 rings (SSSR count). The van der Waals surface area contributed by atoms with Crippen LogP contribution >= 0.6 is 0 Å². The fourth-order valence-electron chi connectivity index (χ4n) is 5.47. The van der Waals surface area contributed by atoms with Gasteiger partial charge in [0.15, 0.2) is 0 Å². The molecule has 3 aliphatic heterocycles. The molecule has 2 N–H and O–H groups in total. The van der Waals surface area contributed by atoms with Crippen molar-refractivity contribution >= 4 is 17.8 Å². The number of rotatable bonds is 7. The zero-order valence-electron chi connectivity index (χ0n) is 17.4. The Morgan fingerprint density at radius 3 is 2.54 bits per heavy atom. The number of aliphatic hydroxyl groups is 1. The van der Waals surface area contributed by atoms with Crippen molar-refractivity contribution < 1.29 is 29.0 Å². The van der Waals surface area contributed by atoms with Gasteiger partial charge in [0.2, 0.25) is 11.8 Å². The maximum Gasteiger partial charge on any atom is 0.312 e. The molecule has 2 amide bonds. The summed E-state index contributed by atoms with van der Waals surface area (Å²) in [5, 5.41) is 12.6. The van der Waals surface area contributed by atoms with E-state index >= 15 is 0 Å². The Morgan fingerprint density at radius 1 is 1.32 bits per heavy atom. The lowest BCUT2D eigenvalue weighted by Gasteiger charge is -2.36. The number of nitrogens with one attached hydrogen (secondary N) is 1. The third-order valence-electron chi connectivity index (χ3n) is 6.58. The van der Waals surface area contributed by atoms with Crippen LogP contribution in [0.25, 0.3) is 0 Å². The van der Waals surface area contributed by atoms with E-state index < -0.39 is 41.1 Å². The Kier molecular flexibility index (Phi) is 5.49. The van der Waals surface area contributed by atoms with Crippen LogP contribution in [0.3, 0.4) is 0 Å². The second-order valence-corrected chi connectivity index (χ2v) is 8.53. The highest BCUT2D eigenvalue weighted by Crippen LogP contribution is 2.64. The average molecular weight is 396 g/mol. The monoisotopic (exact) mass is 396 g/mol. The van der Waals surface area contributed by atoms with Gasteiger partial charge in [-0.15, -0.1) is 0 Å². The van der Waals surface area contributed by atoms with Gasteiger partial charge < -0.3 is 24.8 Å². The summed E-state index contributed by atoms with van der Waals surface area (Å²) in [6.07, 6.45) is 1.69. The molecule has 28 heavy (non-hydrogen) atoms. The van der Waals surface area contributed by atoms with Gasteiger partial charge in [-0.1, -0.05) is 6.92 Å². The highest BCUT2D eigenvalue weighted by molar-refractivity contribution is 5.98. The van der Waals surface area contributed by atoms with E-state index in [9.17, 15) is 19.5 Å². The topological polar surface area (TPSA) is 105 Å². The van der Waals surface area contributed by atoms with E-state index in [4.69, 9.17) is 9.47 Å². The van der Waals surface area contributed by atoms with E-state index in [0.717, 1.165) is 0 Å². The third kappa shape index (κ3) is 2.76. The minimum atomic E-state index is -1.06. The molecular weight excluding hydrogens is 364 g/mol. The van der Waals surface area contributed by atoms with Crippen LogP contribution in [0.2, 0.25) is 0 Å². The van der Waals surface area contributed by atoms with E-state index in [1.54, 1.807) is 13.8 Å². The van der Waals surface area contributed by atoms with Crippen LogP contribution in [0, 0.1) is 11.8 Å². The molecular formula is C20H32N2O6. The Hall–Kier alpha value is -1.67. The van der Waals surface area contributed by atoms with Crippen LogP contribution in [0.15, 0.2) is 0 Å². The molecule has 3 fully saturated rings. The number of carbonyl (C=O) groups excluding carboxylic acids is 3. The fourth-order valence-corrected chi connectivity index (χ4v) is 5.47. The number of hydrogen-bond acceptors (Lipinski definition) is 6. The molecule has 2 unspecified atom stereocenters. The van der Waals surface area contributed by atoms with Crippen molar-refractivity contribution in [2.24, 2.45) is 11.8 Å². The van der Waals surface area contributed by atoms with Gasteiger partial charge >= 0.3 is 5.97 Å². The van der Waals surface area contributed by atoms with Crippen molar-refractivity contribution in [2.45, 2.75) is 83.2 Å². The molecule has 6 atom stereocenters. The molecule has 8 nitrogen and oxygen atoms in total. The van der Waals surface area contributed by atoms with Crippen molar-refractivity contribution in [1.29, 1.82) is 0 Å². The Bertz CT molecular complexity index is 667. The molecule has 0 aromatic carbocycles. The second kappa shape index (κ2) is 7.30. The molecule has 0 saturated carbocycles. The second-order valence-electron chi connectivity index (χ2n) is 8.53. The predicted molar refractivity (Wildman–Crippen MR) is 100 cm³/mol. The summed E-state index contributed by atoms with van der Waals surface area (Å²) >= 11 is 0. The number of fused-ring (bicyclic) bond motifs is 1. The first-order valence-electron chi connectivity index (χ1n) is 10.3. The van der Waals surface area contributed by atoms with E-state index in [1.807, 2.05) is 20.8 Å². The summed E-state index contributed by atoms with van der Waals surface area (Å²) in [4.78, 5) is 41.0. The fraction of sp³-hybridized carbons (Fsp3) is 0.850. The van der Waals surface area contributed by atoms with Crippen molar-refractivity contribution in [3.63, 3.8) is 0 Å². The van der Waals surface area contributed by atoms with Crippen LogP contribution in [-0.2, 0) is 23.9 Å². The molecule has 158 valence electrons. The number of aliphatic hydroxyl groups excluding tert-OH is 1. The van der Waals surface area contributed by atoms with Gasteiger partial charge in [-0.3, -0.25) is 14.4 Å². The molecule has 0 aromatic rings. The van der Waals surface area contributed by atoms with Gasteiger partial charge in [0, 0.05) is 6.04 Å². The smallest absolute Gasteiger partial charge is 0.312 e. The normalized spacial score (nSPS) is 37.3. The third-order valence-corrected chi connectivity index (χ3v) is 6.58. The Labute approximate surface area is 165 Å². The molecule has 3 heterocycles. The summed E-state index contributed by atoms with van der Waals surface area (Å²) in [7, 11) is 0. The van der Waals surface area contributed by atoms with Crippen molar-refractivity contribution in [2.75, 3.05) is 13.2 Å². The Morgan fingerprint density at radius 2 is 2.00 bits per heavy atom. The largest absolute Gasteiger partial charge is 0.466 e. The minimum Gasteiger partial charge on any atom is -0.466 e. The number of esters is 1. The number of hydrogen-bond donors (Lipinski definition) is 2. The molecule has 3 aliphatic rings. The van der Waals surface area contributed by atoms with E-state index in [1.165, 1.54) is 4.90 Å². The number of ether oxygens (including phenoxy) is 2. The maximum absolute atomic E-state index is 13.5. The number of nitrogens with zero attached hydrogens (tertiary/aromatic N) is 1. The Balaban J connectivity index is 2.10. The first-order chi connectivity index (χ1) is 13.2. The van der Waals surface area contributed by atoms with Gasteiger partial charge in [0.25, 0.3) is 0 Å². The van der Waals surface area contributed by atoms with Crippen LogP contribution in [0.5, 0.6) is 0 Å². The molecule has 0 radical (unpaired) electrons. The van der Waals surface area contributed by atoms with Gasteiger partial charge in [-0.05, 0) is 47.0 Å². The highest BCUT2D eigenvalue weighted by atomic mass is 16.6. The minimum absolute atomic E-state index is 0.107. The van der Waals surface area contributed by atoms with Crippen LogP contribution < -0.4 is 5.32 Å². The first kappa shape index (κ1) is 21.0. The van der Waals surface area contributed by atoms with Crippen LogP contribution in [-0.4, -0.2) is 70.3 Å². The van der Waals surface area contributed by atoms with Crippen LogP contribution in [0.1, 0.15) is 53.9 Å². The highest BCUT2D eigenvalue weighted by Gasteiger charge is 2.79. The molecule has 1 spiro atoms. The van der Waals surface area contributed by atoms with Crippen LogP contribution in [0.4, 0.5) is 0 Å². The predicted octanol–water partition coefficient (Wildman–Crippen LogP) is 0.610. The van der Waals surface area contributed by atoms with E-state index in [0.29, 0.717) is 19.3 Å². The first-order valence-corrected chi connectivity index (χ1v) is 10.3. The van der Waals surface area contributed by atoms with Gasteiger partial charge in [-0.25, -0.2) is 0 Å². The zero-order valence-corrected chi connectivity index (χ0v) is 17.4. The number of amides is 2. The van der Waals surface area contributed by atoms with Crippen molar-refractivity contribution in [3.05, 3.63) is 0 Å². The zero-order chi connectivity index (χ0) is 20.9. The van der Waals surface area contributed by atoms with E-state index in [2.05, 4.69) is 5.32 Å². The molecule has 2 bridgehead atoms. The molecule has 3 saturated heterocycles. The molecule has 0 aromatic heterocycles. The maximum atomic E-state index is 13.5. The van der Waals surface area contributed by atoms with Gasteiger partial charge in [0.1, 0.15) is 17.6 Å². The average Bonchev–Trinajstić information content (AvgIpc) is 3.24. The lowest BCUT2D eigenvalue weighted by molar-refractivity contribution is -0.161. The standard InChI is InChI=1S/C20H32N2O6/c1-6-19-8-9-20(28-19)13(14(19)18(26)27-7-2)17(25)22(12(5)10-23)15(20)16(24)21-11(3)4/h11-15,23H,6-10H2,1-5H3,(H,21,24)/t12-,13+,14+,15?,19-,20?/m1/s1. The number of likely N-dealkylation sites (tertiary alicyclic amines) is 1. The van der Waals surface area contributed by atoms with Crippen molar-refractivity contribution in [3.8, 4) is 0 Å². The quantitative estimate of drug-likeness (QED) is 0.611. The lowest BCUT2D eigenvalue weighted by Crippen LogP contribution is -2.58. The molecule has 0 aliphatic carbocycles. The summed E-state index contributed by atoms with van der Waals surface area (Å²) in [6.45, 7) is 9.02. The van der Waals surface area contributed by atoms with Gasteiger partial charge in [0.05, 0.1) is 30.8 Å². The molecule has 8 heteroatoms. The summed E-state index contributed by atoms with van der Waals surface area (Å²) in [6, 6.07) is -1.54.